The molecule has 0 saturated heterocycles. The summed E-state index contributed by atoms with van der Waals surface area (Å²) in [5.74, 6) is 0.274. The first-order valence-electron chi connectivity index (χ1n) is 8.19. The first kappa shape index (κ1) is 16.0. The van der Waals surface area contributed by atoms with E-state index in [0.29, 0.717) is 11.5 Å². The molecule has 0 radical (unpaired) electrons. The van der Waals surface area contributed by atoms with E-state index in [4.69, 9.17) is 4.98 Å². The Morgan fingerprint density at radius 3 is 2.68 bits per heavy atom. The predicted molar refractivity (Wildman–Crippen MR) is 103 cm³/mol. The van der Waals surface area contributed by atoms with Crippen LogP contribution in [-0.4, -0.2) is 17.1 Å². The van der Waals surface area contributed by atoms with Crippen LogP contribution in [0.3, 0.4) is 0 Å². The maximum Gasteiger partial charge on any atom is 0.272 e. The third-order valence-electron chi connectivity index (χ3n) is 4.23. The van der Waals surface area contributed by atoms with Gasteiger partial charge in [-0.05, 0) is 42.7 Å². The Hall–Kier alpha value is -2.53. The number of carbonyl (C=O) groups excluding carboxylic acids is 1. The van der Waals surface area contributed by atoms with E-state index >= 15 is 0 Å². The second-order valence-electron chi connectivity index (χ2n) is 6.14. The number of halogens is 1. The minimum atomic E-state index is -0.214. The molecule has 4 rings (SSSR count). The summed E-state index contributed by atoms with van der Waals surface area (Å²) in [5, 5.41) is 4.93. The number of amides is 1. The highest BCUT2D eigenvalue weighted by Gasteiger charge is 2.26. The molecule has 0 aliphatic heterocycles. The van der Waals surface area contributed by atoms with Crippen LogP contribution in [0.4, 0.5) is 0 Å². The number of hydrogen-bond donors (Lipinski definition) is 1. The molecule has 0 bridgehead atoms. The quantitative estimate of drug-likeness (QED) is 0.518. The van der Waals surface area contributed by atoms with E-state index in [-0.39, 0.29) is 5.91 Å². The monoisotopic (exact) mass is 393 g/mol. The maximum absolute atomic E-state index is 12.6. The molecule has 4 nitrogen and oxygen atoms in total. The number of rotatable bonds is 4. The number of nitrogens with zero attached hydrogens (tertiary/aromatic N) is 2. The van der Waals surface area contributed by atoms with E-state index < -0.39 is 0 Å². The summed E-state index contributed by atoms with van der Waals surface area (Å²) in [5.41, 5.74) is 6.03. The van der Waals surface area contributed by atoms with E-state index in [9.17, 15) is 4.79 Å². The molecule has 0 spiro atoms. The van der Waals surface area contributed by atoms with Gasteiger partial charge in [-0.15, -0.1) is 0 Å². The van der Waals surface area contributed by atoms with E-state index in [1.165, 1.54) is 0 Å². The van der Waals surface area contributed by atoms with Gasteiger partial charge in [-0.1, -0.05) is 46.3 Å². The van der Waals surface area contributed by atoms with Crippen LogP contribution in [0.1, 0.15) is 40.4 Å². The highest BCUT2D eigenvalue weighted by Crippen LogP contribution is 2.40. The normalized spacial score (nSPS) is 14.1. The smallest absolute Gasteiger partial charge is 0.267 e. The van der Waals surface area contributed by atoms with E-state index in [1.54, 1.807) is 6.21 Å². The lowest BCUT2D eigenvalue weighted by Crippen LogP contribution is -2.18. The highest BCUT2D eigenvalue weighted by molar-refractivity contribution is 9.10. The molecule has 25 heavy (non-hydrogen) atoms. The zero-order valence-corrected chi connectivity index (χ0v) is 15.0. The molecule has 3 aromatic rings. The average Bonchev–Trinajstić information content (AvgIpc) is 3.47. The van der Waals surface area contributed by atoms with Crippen molar-refractivity contribution in [2.75, 3.05) is 0 Å². The number of aromatic nitrogens is 1. The van der Waals surface area contributed by atoms with Crippen molar-refractivity contribution in [1.29, 1.82) is 0 Å². The Morgan fingerprint density at radius 1 is 1.16 bits per heavy atom. The van der Waals surface area contributed by atoms with Crippen LogP contribution in [0.5, 0.6) is 0 Å². The van der Waals surface area contributed by atoms with E-state index in [0.717, 1.165) is 39.5 Å². The van der Waals surface area contributed by atoms with Gasteiger partial charge >= 0.3 is 0 Å². The van der Waals surface area contributed by atoms with Gasteiger partial charge in [0.25, 0.3) is 5.91 Å². The summed E-state index contributed by atoms with van der Waals surface area (Å²) in [7, 11) is 0. The Morgan fingerprint density at radius 2 is 1.92 bits per heavy atom. The number of benzene rings is 2. The van der Waals surface area contributed by atoms with Gasteiger partial charge < -0.3 is 0 Å². The van der Waals surface area contributed by atoms with Crippen LogP contribution in [0.2, 0.25) is 0 Å². The number of hydrazone groups is 1. The summed E-state index contributed by atoms with van der Waals surface area (Å²) in [6, 6.07) is 17.4. The number of para-hydroxylation sites is 1. The lowest BCUT2D eigenvalue weighted by atomic mass is 10.1. The molecule has 1 aliphatic rings. The van der Waals surface area contributed by atoms with Crippen molar-refractivity contribution in [2.45, 2.75) is 18.8 Å². The second-order valence-corrected chi connectivity index (χ2v) is 7.05. The van der Waals surface area contributed by atoms with Crippen LogP contribution in [-0.2, 0) is 0 Å². The molecular weight excluding hydrogens is 378 g/mol. The third-order valence-corrected chi connectivity index (χ3v) is 4.75. The van der Waals surface area contributed by atoms with Crippen molar-refractivity contribution in [3.63, 3.8) is 0 Å². The lowest BCUT2D eigenvalue weighted by molar-refractivity contribution is 0.0956. The van der Waals surface area contributed by atoms with E-state index in [1.807, 2.05) is 54.6 Å². The van der Waals surface area contributed by atoms with Crippen molar-refractivity contribution >= 4 is 39.0 Å². The van der Waals surface area contributed by atoms with Crippen molar-refractivity contribution in [2.24, 2.45) is 5.10 Å². The van der Waals surface area contributed by atoms with Crippen LogP contribution < -0.4 is 5.43 Å². The van der Waals surface area contributed by atoms with Gasteiger partial charge in [0.05, 0.1) is 17.3 Å². The molecule has 124 valence electrons. The van der Waals surface area contributed by atoms with Crippen molar-refractivity contribution in [3.05, 3.63) is 75.9 Å². The molecule has 1 amide bonds. The second kappa shape index (κ2) is 6.76. The summed E-state index contributed by atoms with van der Waals surface area (Å²) in [6.45, 7) is 0. The number of hydrogen-bond acceptors (Lipinski definition) is 3. The summed E-state index contributed by atoms with van der Waals surface area (Å²) < 4.78 is 1.00. The topological polar surface area (TPSA) is 54.4 Å². The number of carbonyl (C=O) groups is 1. The van der Waals surface area contributed by atoms with Crippen LogP contribution in [0.25, 0.3) is 10.9 Å². The Bertz CT molecular complexity index is 962. The molecule has 1 N–H and O–H groups in total. The molecule has 0 unspecified atom stereocenters. The molecular formula is C20H16BrN3O. The maximum atomic E-state index is 12.6. The predicted octanol–water partition coefficient (Wildman–Crippen LogP) is 4.64. The molecule has 1 aliphatic carbocycles. The van der Waals surface area contributed by atoms with Crippen LogP contribution in [0.15, 0.2) is 64.2 Å². The number of pyridine rings is 1. The highest BCUT2D eigenvalue weighted by atomic mass is 79.9. The summed E-state index contributed by atoms with van der Waals surface area (Å²) in [4.78, 5) is 17.3. The van der Waals surface area contributed by atoms with Crippen LogP contribution >= 0.6 is 15.9 Å². The molecule has 1 fully saturated rings. The van der Waals surface area contributed by atoms with Crippen molar-refractivity contribution < 1.29 is 4.79 Å². The third kappa shape index (κ3) is 3.61. The first-order chi connectivity index (χ1) is 12.2. The van der Waals surface area contributed by atoms with E-state index in [2.05, 4.69) is 26.5 Å². The standard InChI is InChI=1S/C20H16BrN3O/c21-15-9-5-13(6-10-15)12-22-24-20(25)17-11-19(14-7-8-14)23-18-4-2-1-3-16(17)18/h1-6,9-12,14H,7-8H2,(H,24,25)/b22-12-. The Balaban J connectivity index is 1.59. The van der Waals surface area contributed by atoms with Gasteiger partial charge in [-0.3, -0.25) is 9.78 Å². The number of nitrogens with one attached hydrogen (secondary N) is 1. The lowest BCUT2D eigenvalue weighted by Gasteiger charge is -2.08. The van der Waals surface area contributed by atoms with Gasteiger partial charge in [0.15, 0.2) is 0 Å². The van der Waals surface area contributed by atoms with Crippen molar-refractivity contribution in [3.8, 4) is 0 Å². The van der Waals surface area contributed by atoms with Gasteiger partial charge in [0.2, 0.25) is 0 Å². The van der Waals surface area contributed by atoms with Gasteiger partial charge in [-0.25, -0.2) is 5.43 Å². The fraction of sp³-hybridized carbons (Fsp3) is 0.150. The summed E-state index contributed by atoms with van der Waals surface area (Å²) in [6.07, 6.45) is 3.93. The molecule has 1 heterocycles. The Kier molecular flexibility index (Phi) is 4.32. The minimum Gasteiger partial charge on any atom is -0.267 e. The SMILES string of the molecule is O=C(N/N=C\c1ccc(Br)cc1)c1cc(C2CC2)nc2ccccc12. The Labute approximate surface area is 154 Å². The zero-order chi connectivity index (χ0) is 17.2. The minimum absolute atomic E-state index is 0.214. The fourth-order valence-corrected chi connectivity index (χ4v) is 3.01. The van der Waals surface area contributed by atoms with Gasteiger partial charge in [-0.2, -0.15) is 5.10 Å². The molecule has 1 saturated carbocycles. The number of fused-ring (bicyclic) bond motifs is 1. The molecule has 1 aromatic heterocycles. The fourth-order valence-electron chi connectivity index (χ4n) is 2.75. The largest absolute Gasteiger partial charge is 0.272 e. The summed E-state index contributed by atoms with van der Waals surface area (Å²) >= 11 is 3.39. The molecule has 2 aromatic carbocycles. The molecule has 0 atom stereocenters. The van der Waals surface area contributed by atoms with Crippen LogP contribution in [0, 0.1) is 0 Å². The zero-order valence-electron chi connectivity index (χ0n) is 13.4. The average molecular weight is 394 g/mol. The molecule has 5 heteroatoms. The van der Waals surface area contributed by atoms with Gasteiger partial charge in [0, 0.05) is 21.5 Å². The first-order valence-corrected chi connectivity index (χ1v) is 8.99. The van der Waals surface area contributed by atoms with Crippen molar-refractivity contribution in [1.82, 2.24) is 10.4 Å². The van der Waals surface area contributed by atoms with Gasteiger partial charge in [0.1, 0.15) is 0 Å².